The SMILES string of the molecule is C#CCC(NC(=O)OC(CCCOC(=O)CCC(=O)NCC1OC(N2C=CC(=O)NC2=C)C(O)C1O)c1ccccc1)C(=O)NCC1(C)N=N1. The number of carbonyl (C=O) groups excluding carboxylic acids is 5. The number of benzene rings is 1. The normalized spacial score (nSPS) is 22.8. The molecule has 4 rings (SSSR count). The maximum absolute atomic E-state index is 12.8. The molecule has 0 radical (unpaired) electrons. The summed E-state index contributed by atoms with van der Waals surface area (Å²) in [7, 11) is 0. The average Bonchev–Trinajstić information content (AvgIpc) is 3.77. The molecular weight excluding hydrogens is 654 g/mol. The number of nitrogens with zero attached hydrogens (tertiary/aromatic N) is 3. The summed E-state index contributed by atoms with van der Waals surface area (Å²) in [6, 6.07) is 7.87. The highest BCUT2D eigenvalue weighted by molar-refractivity contribution is 5.89. The van der Waals surface area contributed by atoms with Gasteiger partial charge in [-0.15, -0.1) is 12.3 Å². The average molecular weight is 696 g/mol. The first-order chi connectivity index (χ1) is 23.9. The fourth-order valence-electron chi connectivity index (χ4n) is 5.03. The molecular formula is C33H41N7O10. The Morgan fingerprint density at radius 2 is 1.90 bits per heavy atom. The molecule has 0 aliphatic carbocycles. The minimum absolute atomic E-state index is 0.0101. The Balaban J connectivity index is 1.16. The minimum Gasteiger partial charge on any atom is -0.466 e. The number of rotatable bonds is 17. The first kappa shape index (κ1) is 37.5. The summed E-state index contributed by atoms with van der Waals surface area (Å²) in [6.07, 6.45) is 1.81. The molecule has 1 aromatic rings. The molecule has 4 amide bonds. The molecule has 6 unspecified atom stereocenters. The topological polar surface area (TPSA) is 230 Å². The van der Waals surface area contributed by atoms with Gasteiger partial charge >= 0.3 is 12.1 Å². The van der Waals surface area contributed by atoms with E-state index in [4.69, 9.17) is 20.6 Å². The molecule has 268 valence electrons. The standard InChI is InChI=1S/C33H41N7O10/c1-4-9-22(30(46)35-19-33(3)38-39-33)37-32(47)50-23(21-10-6-5-7-11-21)12-8-17-48-27(43)14-13-25(41)34-18-24-28(44)29(45)31(49-24)40-16-15-26(42)36-20(40)2/h1,5-7,10-11,15-16,22-24,28-29,31,44-45H,2,8-9,12-14,17-19H2,3H3,(H,34,41)(H,35,46)(H,36,42)(H,37,47). The van der Waals surface area contributed by atoms with Crippen LogP contribution >= 0.6 is 0 Å². The Hall–Kier alpha value is -5.31. The molecule has 0 saturated carbocycles. The van der Waals surface area contributed by atoms with Crippen LogP contribution in [0.2, 0.25) is 0 Å². The van der Waals surface area contributed by atoms with E-state index < -0.39 is 72.1 Å². The highest BCUT2D eigenvalue weighted by Crippen LogP contribution is 2.27. The molecule has 0 bridgehead atoms. The maximum atomic E-state index is 12.8. The van der Waals surface area contributed by atoms with E-state index in [0.717, 1.165) is 0 Å². The van der Waals surface area contributed by atoms with Crippen LogP contribution in [0.4, 0.5) is 4.79 Å². The smallest absolute Gasteiger partial charge is 0.408 e. The van der Waals surface area contributed by atoms with Crippen molar-refractivity contribution in [2.75, 3.05) is 19.7 Å². The second-order valence-electron chi connectivity index (χ2n) is 11.9. The second-order valence-corrected chi connectivity index (χ2v) is 11.9. The van der Waals surface area contributed by atoms with E-state index in [1.54, 1.807) is 37.3 Å². The van der Waals surface area contributed by atoms with Crippen LogP contribution in [-0.4, -0.2) is 101 Å². The Labute approximate surface area is 288 Å². The van der Waals surface area contributed by atoms with Crippen molar-refractivity contribution >= 4 is 29.8 Å². The number of terminal acetylenes is 1. The first-order valence-corrected chi connectivity index (χ1v) is 16.0. The third-order valence-corrected chi connectivity index (χ3v) is 7.90. The van der Waals surface area contributed by atoms with Crippen LogP contribution in [0.5, 0.6) is 0 Å². The first-order valence-electron chi connectivity index (χ1n) is 16.0. The molecule has 1 fully saturated rings. The molecule has 3 heterocycles. The fraction of sp³-hybridized carbons (Fsp3) is 0.485. The van der Waals surface area contributed by atoms with Crippen molar-refractivity contribution in [1.82, 2.24) is 26.2 Å². The van der Waals surface area contributed by atoms with Gasteiger partial charge < -0.3 is 50.6 Å². The molecule has 3 aliphatic heterocycles. The zero-order valence-corrected chi connectivity index (χ0v) is 27.4. The van der Waals surface area contributed by atoms with Crippen LogP contribution in [0, 0.1) is 12.3 Å². The van der Waals surface area contributed by atoms with Crippen LogP contribution in [-0.2, 0) is 33.4 Å². The van der Waals surface area contributed by atoms with E-state index in [9.17, 15) is 34.2 Å². The zero-order chi connectivity index (χ0) is 36.3. The summed E-state index contributed by atoms with van der Waals surface area (Å²) < 4.78 is 16.6. The molecule has 50 heavy (non-hydrogen) atoms. The number of amides is 4. The van der Waals surface area contributed by atoms with Crippen molar-refractivity contribution in [2.45, 2.75) is 81.4 Å². The van der Waals surface area contributed by atoms with Gasteiger partial charge in [-0.2, -0.15) is 10.2 Å². The van der Waals surface area contributed by atoms with Crippen LogP contribution < -0.4 is 21.3 Å². The number of hydrogen-bond donors (Lipinski definition) is 6. The van der Waals surface area contributed by atoms with E-state index in [1.165, 1.54) is 17.2 Å². The minimum atomic E-state index is -1.35. The molecule has 6 N–H and O–H groups in total. The van der Waals surface area contributed by atoms with E-state index in [0.29, 0.717) is 12.0 Å². The largest absolute Gasteiger partial charge is 0.466 e. The highest BCUT2D eigenvalue weighted by atomic mass is 16.6. The summed E-state index contributed by atoms with van der Waals surface area (Å²) in [6.45, 7) is 5.45. The number of carbonyl (C=O) groups is 5. The third kappa shape index (κ3) is 10.9. The Morgan fingerprint density at radius 3 is 2.58 bits per heavy atom. The molecule has 0 spiro atoms. The zero-order valence-electron chi connectivity index (χ0n) is 27.4. The summed E-state index contributed by atoms with van der Waals surface area (Å²) in [5.41, 5.74) is 0.0227. The lowest BCUT2D eigenvalue weighted by Crippen LogP contribution is -2.48. The number of aliphatic hydroxyl groups is 2. The van der Waals surface area contributed by atoms with Gasteiger partial charge in [-0.05, 0) is 25.3 Å². The summed E-state index contributed by atoms with van der Waals surface area (Å²) in [5, 5.41) is 38.7. The maximum Gasteiger partial charge on any atom is 0.408 e. The van der Waals surface area contributed by atoms with Crippen LogP contribution in [0.3, 0.4) is 0 Å². The lowest BCUT2D eigenvalue weighted by molar-refractivity contribution is -0.145. The van der Waals surface area contributed by atoms with Crippen LogP contribution in [0.1, 0.15) is 50.7 Å². The van der Waals surface area contributed by atoms with Crippen molar-refractivity contribution in [1.29, 1.82) is 0 Å². The second kappa shape index (κ2) is 17.4. The number of alkyl carbamates (subject to hydrolysis) is 1. The van der Waals surface area contributed by atoms with Gasteiger partial charge in [-0.25, -0.2) is 4.79 Å². The Morgan fingerprint density at radius 1 is 1.16 bits per heavy atom. The Bertz CT molecular complexity index is 1520. The monoisotopic (exact) mass is 695 g/mol. The van der Waals surface area contributed by atoms with Gasteiger partial charge in [0.1, 0.15) is 36.3 Å². The predicted octanol–water partition coefficient (Wildman–Crippen LogP) is 0.227. The van der Waals surface area contributed by atoms with Crippen LogP contribution in [0.25, 0.3) is 0 Å². The lowest BCUT2D eigenvalue weighted by atomic mass is 10.1. The highest BCUT2D eigenvalue weighted by Gasteiger charge is 2.46. The van der Waals surface area contributed by atoms with Gasteiger partial charge in [0.25, 0.3) is 5.91 Å². The quantitative estimate of drug-likeness (QED) is 0.0734. The number of aliphatic hydroxyl groups excluding tert-OH is 2. The van der Waals surface area contributed by atoms with Gasteiger partial charge in [-0.1, -0.05) is 36.9 Å². The van der Waals surface area contributed by atoms with Crippen molar-refractivity contribution in [2.24, 2.45) is 10.2 Å². The van der Waals surface area contributed by atoms with E-state index in [-0.39, 0.29) is 51.2 Å². The number of hydrogen-bond acceptors (Lipinski definition) is 13. The van der Waals surface area contributed by atoms with E-state index >= 15 is 0 Å². The van der Waals surface area contributed by atoms with Crippen LogP contribution in [0.15, 0.2) is 65.2 Å². The van der Waals surface area contributed by atoms with E-state index in [1.807, 2.05) is 0 Å². The fourth-order valence-corrected chi connectivity index (χ4v) is 5.03. The molecule has 6 atom stereocenters. The van der Waals surface area contributed by atoms with Crippen molar-refractivity contribution < 1.29 is 48.4 Å². The van der Waals surface area contributed by atoms with Gasteiger partial charge in [0.2, 0.25) is 17.5 Å². The summed E-state index contributed by atoms with van der Waals surface area (Å²) in [5.74, 6) is 0.507. The molecule has 1 aromatic carbocycles. The van der Waals surface area contributed by atoms with Gasteiger partial charge in [0, 0.05) is 31.7 Å². The van der Waals surface area contributed by atoms with Crippen molar-refractivity contribution in [3.63, 3.8) is 0 Å². The van der Waals surface area contributed by atoms with Gasteiger partial charge in [-0.3, -0.25) is 19.2 Å². The van der Waals surface area contributed by atoms with Crippen molar-refractivity contribution in [3.05, 3.63) is 60.6 Å². The Kier molecular flexibility index (Phi) is 13.0. The van der Waals surface area contributed by atoms with E-state index in [2.05, 4.69) is 44.0 Å². The van der Waals surface area contributed by atoms with Crippen molar-refractivity contribution in [3.8, 4) is 12.3 Å². The van der Waals surface area contributed by atoms with Gasteiger partial charge in [0.15, 0.2) is 6.23 Å². The molecule has 17 nitrogen and oxygen atoms in total. The molecule has 17 heteroatoms. The molecule has 1 saturated heterocycles. The molecule has 0 aromatic heterocycles. The molecule has 3 aliphatic rings. The predicted molar refractivity (Wildman–Crippen MR) is 174 cm³/mol. The summed E-state index contributed by atoms with van der Waals surface area (Å²) in [4.78, 5) is 62.9. The number of esters is 1. The third-order valence-electron chi connectivity index (χ3n) is 7.90. The number of ether oxygens (including phenoxy) is 3. The summed E-state index contributed by atoms with van der Waals surface area (Å²) >= 11 is 0. The lowest BCUT2D eigenvalue weighted by Gasteiger charge is -2.32. The van der Waals surface area contributed by atoms with Gasteiger partial charge in [0.05, 0.1) is 19.6 Å². The number of nitrogens with one attached hydrogen (secondary N) is 4.